The third-order valence-electron chi connectivity index (χ3n) is 4.25. The van der Waals surface area contributed by atoms with E-state index < -0.39 is 0 Å². The number of hydrogen-bond donors (Lipinski definition) is 0. The zero-order valence-corrected chi connectivity index (χ0v) is 11.1. The van der Waals surface area contributed by atoms with E-state index in [1.165, 1.54) is 64.8 Å². The van der Waals surface area contributed by atoms with Gasteiger partial charge < -0.3 is 4.90 Å². The van der Waals surface area contributed by atoms with Gasteiger partial charge in [-0.1, -0.05) is 20.3 Å². The number of nitrogens with zero attached hydrogens (tertiary/aromatic N) is 2. The first-order chi connectivity index (χ1) is 7.75. The fraction of sp³-hybridized carbons (Fsp3) is 1.00. The second-order valence-corrected chi connectivity index (χ2v) is 6.00. The van der Waals surface area contributed by atoms with E-state index in [9.17, 15) is 0 Å². The van der Waals surface area contributed by atoms with E-state index in [1.807, 2.05) is 0 Å². The van der Waals surface area contributed by atoms with Crippen LogP contribution in [0.2, 0.25) is 0 Å². The van der Waals surface area contributed by atoms with E-state index in [-0.39, 0.29) is 0 Å². The molecule has 2 aliphatic rings. The van der Waals surface area contributed by atoms with Gasteiger partial charge in [-0.05, 0) is 38.1 Å². The first-order valence-electron chi connectivity index (χ1n) is 7.22. The number of hydrogen-bond acceptors (Lipinski definition) is 2. The van der Waals surface area contributed by atoms with E-state index in [2.05, 4.69) is 23.6 Å². The molecule has 0 spiro atoms. The van der Waals surface area contributed by atoms with Crippen molar-refractivity contribution in [1.82, 2.24) is 9.80 Å². The zero-order chi connectivity index (χ0) is 11.4. The second-order valence-electron chi connectivity index (χ2n) is 6.00. The SMILES string of the molecule is CC(C)CCCN1CCN(C2CCC2)CC1. The molecule has 1 heterocycles. The lowest BCUT2D eigenvalue weighted by atomic mass is 9.91. The van der Waals surface area contributed by atoms with Crippen molar-refractivity contribution < 1.29 is 0 Å². The molecule has 1 saturated heterocycles. The van der Waals surface area contributed by atoms with Crippen LogP contribution in [0.25, 0.3) is 0 Å². The maximum atomic E-state index is 2.72. The van der Waals surface area contributed by atoms with Gasteiger partial charge in [-0.15, -0.1) is 0 Å². The maximum absolute atomic E-state index is 2.72. The van der Waals surface area contributed by atoms with E-state index in [0.29, 0.717) is 0 Å². The Balaban J connectivity index is 1.57. The van der Waals surface area contributed by atoms with Crippen molar-refractivity contribution in [2.45, 2.75) is 52.0 Å². The molecule has 0 amide bonds. The quantitative estimate of drug-likeness (QED) is 0.708. The fourth-order valence-electron chi connectivity index (χ4n) is 2.83. The van der Waals surface area contributed by atoms with Crippen molar-refractivity contribution in [3.63, 3.8) is 0 Å². The summed E-state index contributed by atoms with van der Waals surface area (Å²) in [5.74, 6) is 0.872. The highest BCUT2D eigenvalue weighted by atomic mass is 15.3. The minimum atomic E-state index is 0.872. The zero-order valence-electron chi connectivity index (χ0n) is 11.1. The molecule has 2 heteroatoms. The minimum absolute atomic E-state index is 0.872. The van der Waals surface area contributed by atoms with Crippen molar-refractivity contribution in [3.05, 3.63) is 0 Å². The normalized spacial score (nSPS) is 24.9. The fourth-order valence-corrected chi connectivity index (χ4v) is 2.83. The molecular formula is C14H28N2. The summed E-state index contributed by atoms with van der Waals surface area (Å²) in [7, 11) is 0. The average Bonchev–Trinajstić information content (AvgIpc) is 2.17. The summed E-state index contributed by atoms with van der Waals surface area (Å²) in [4.78, 5) is 5.39. The molecule has 0 aromatic heterocycles. The first-order valence-corrected chi connectivity index (χ1v) is 7.22. The Morgan fingerprint density at radius 2 is 1.75 bits per heavy atom. The third-order valence-corrected chi connectivity index (χ3v) is 4.25. The van der Waals surface area contributed by atoms with Gasteiger partial charge in [0.05, 0.1) is 0 Å². The van der Waals surface area contributed by atoms with Crippen LogP contribution >= 0.6 is 0 Å². The van der Waals surface area contributed by atoms with Crippen LogP contribution in [0.15, 0.2) is 0 Å². The monoisotopic (exact) mass is 224 g/mol. The molecule has 0 radical (unpaired) electrons. The molecular weight excluding hydrogens is 196 g/mol. The largest absolute Gasteiger partial charge is 0.301 e. The molecule has 1 aliphatic heterocycles. The lowest BCUT2D eigenvalue weighted by molar-refractivity contribution is 0.0608. The van der Waals surface area contributed by atoms with Gasteiger partial charge in [0.15, 0.2) is 0 Å². The topological polar surface area (TPSA) is 6.48 Å². The van der Waals surface area contributed by atoms with Crippen LogP contribution in [0.4, 0.5) is 0 Å². The Labute approximate surface area is 101 Å². The van der Waals surface area contributed by atoms with Crippen LogP contribution < -0.4 is 0 Å². The Kier molecular flexibility index (Phi) is 4.66. The van der Waals surface area contributed by atoms with Gasteiger partial charge in [-0.2, -0.15) is 0 Å². The predicted molar refractivity (Wildman–Crippen MR) is 69.7 cm³/mol. The average molecular weight is 224 g/mol. The molecule has 2 fully saturated rings. The highest BCUT2D eigenvalue weighted by Crippen LogP contribution is 2.25. The highest BCUT2D eigenvalue weighted by Gasteiger charge is 2.27. The summed E-state index contributed by atoms with van der Waals surface area (Å²) in [6, 6.07) is 0.956. The van der Waals surface area contributed by atoms with E-state index >= 15 is 0 Å². The lowest BCUT2D eigenvalue weighted by Gasteiger charge is -2.43. The predicted octanol–water partition coefficient (Wildman–Crippen LogP) is 2.59. The van der Waals surface area contributed by atoms with Gasteiger partial charge in [-0.25, -0.2) is 0 Å². The van der Waals surface area contributed by atoms with Crippen molar-refractivity contribution in [2.75, 3.05) is 32.7 Å². The molecule has 0 aromatic carbocycles. The van der Waals surface area contributed by atoms with Crippen LogP contribution in [0.1, 0.15) is 46.0 Å². The van der Waals surface area contributed by atoms with E-state index in [0.717, 1.165) is 12.0 Å². The smallest absolute Gasteiger partial charge is 0.0113 e. The van der Waals surface area contributed by atoms with Crippen LogP contribution in [-0.4, -0.2) is 48.6 Å². The Morgan fingerprint density at radius 3 is 2.25 bits per heavy atom. The number of piperazine rings is 1. The summed E-state index contributed by atoms with van der Waals surface area (Å²) in [5.41, 5.74) is 0. The van der Waals surface area contributed by atoms with Crippen LogP contribution in [0.5, 0.6) is 0 Å². The summed E-state index contributed by atoms with van der Waals surface area (Å²) in [6.07, 6.45) is 7.18. The van der Waals surface area contributed by atoms with Gasteiger partial charge in [0.1, 0.15) is 0 Å². The summed E-state index contributed by atoms with van der Waals surface area (Å²) in [5, 5.41) is 0. The van der Waals surface area contributed by atoms with Crippen molar-refractivity contribution >= 4 is 0 Å². The maximum Gasteiger partial charge on any atom is 0.0113 e. The van der Waals surface area contributed by atoms with Crippen LogP contribution in [0.3, 0.4) is 0 Å². The summed E-state index contributed by atoms with van der Waals surface area (Å²) < 4.78 is 0. The molecule has 94 valence electrons. The van der Waals surface area contributed by atoms with Gasteiger partial charge in [0, 0.05) is 32.2 Å². The van der Waals surface area contributed by atoms with Crippen LogP contribution in [0, 0.1) is 5.92 Å². The molecule has 2 rings (SSSR count). The summed E-state index contributed by atoms with van der Waals surface area (Å²) in [6.45, 7) is 11.3. The highest BCUT2D eigenvalue weighted by molar-refractivity contribution is 4.83. The molecule has 0 bridgehead atoms. The van der Waals surface area contributed by atoms with Gasteiger partial charge in [-0.3, -0.25) is 4.90 Å². The summed E-state index contributed by atoms with van der Waals surface area (Å²) >= 11 is 0. The molecule has 0 N–H and O–H groups in total. The van der Waals surface area contributed by atoms with Gasteiger partial charge in [0.2, 0.25) is 0 Å². The second kappa shape index (κ2) is 6.02. The molecule has 2 nitrogen and oxygen atoms in total. The molecule has 0 aromatic rings. The van der Waals surface area contributed by atoms with Crippen molar-refractivity contribution in [1.29, 1.82) is 0 Å². The Hall–Kier alpha value is -0.0800. The first kappa shape index (κ1) is 12.4. The molecule has 1 saturated carbocycles. The van der Waals surface area contributed by atoms with Crippen molar-refractivity contribution in [3.8, 4) is 0 Å². The molecule has 1 aliphatic carbocycles. The van der Waals surface area contributed by atoms with Gasteiger partial charge in [0.25, 0.3) is 0 Å². The minimum Gasteiger partial charge on any atom is -0.301 e. The lowest BCUT2D eigenvalue weighted by Crippen LogP contribution is -2.52. The van der Waals surface area contributed by atoms with Crippen molar-refractivity contribution in [2.24, 2.45) is 5.92 Å². The molecule has 0 unspecified atom stereocenters. The standard InChI is InChI=1S/C14H28N2/c1-13(2)5-4-8-15-9-11-16(12-10-15)14-6-3-7-14/h13-14H,3-12H2,1-2H3. The van der Waals surface area contributed by atoms with E-state index in [4.69, 9.17) is 0 Å². The molecule has 16 heavy (non-hydrogen) atoms. The molecule has 0 atom stereocenters. The van der Waals surface area contributed by atoms with Crippen LogP contribution in [-0.2, 0) is 0 Å². The van der Waals surface area contributed by atoms with Gasteiger partial charge >= 0.3 is 0 Å². The Morgan fingerprint density at radius 1 is 1.06 bits per heavy atom. The number of rotatable bonds is 5. The van der Waals surface area contributed by atoms with E-state index in [1.54, 1.807) is 0 Å². The Bertz CT molecular complexity index is 191. The third kappa shape index (κ3) is 3.46.